The molecular weight excluding hydrogens is 402 g/mol. The Hall–Kier alpha value is -2.02. The molecule has 13 heteroatoms. The lowest BCUT2D eigenvalue weighted by molar-refractivity contribution is -0.105. The molecule has 1 unspecified atom stereocenters. The number of alkyl halides is 3. The van der Waals surface area contributed by atoms with Crippen molar-refractivity contribution in [3.8, 4) is 5.69 Å². The molecule has 1 aromatic carbocycles. The average molecular weight is 415 g/mol. The highest BCUT2D eigenvalue weighted by molar-refractivity contribution is 7.90. The molecule has 0 spiro atoms. The van der Waals surface area contributed by atoms with E-state index in [2.05, 4.69) is 5.10 Å². The third kappa shape index (κ3) is 4.03. The number of nitrogens with zero attached hydrogens (tertiary/aromatic N) is 3. The van der Waals surface area contributed by atoms with Gasteiger partial charge in [0.05, 0.1) is 10.8 Å². The number of halogens is 4. The summed E-state index contributed by atoms with van der Waals surface area (Å²) < 4.78 is 87.9. The molecule has 0 aliphatic heterocycles. The van der Waals surface area contributed by atoms with Gasteiger partial charge in [-0.1, -0.05) is 0 Å². The molecule has 26 heavy (non-hydrogen) atoms. The number of rotatable bonds is 4. The molecule has 0 saturated heterocycles. The number of hydrogen-bond acceptors (Lipinski definition) is 5. The highest BCUT2D eigenvalue weighted by Crippen LogP contribution is 2.25. The Bertz CT molecular complexity index is 1050. The Labute approximate surface area is 147 Å². The predicted octanol–water partition coefficient (Wildman–Crippen LogP) is 1.09. The fourth-order valence-electron chi connectivity index (χ4n) is 2.18. The van der Waals surface area contributed by atoms with Crippen LogP contribution >= 0.6 is 0 Å². The maximum absolute atomic E-state index is 14.3. The van der Waals surface area contributed by atoms with Gasteiger partial charge in [-0.2, -0.15) is 17.9 Å². The van der Waals surface area contributed by atoms with Crippen molar-refractivity contribution < 1.29 is 30.2 Å². The molecule has 0 saturated carbocycles. The maximum Gasteiger partial charge on any atom is 0.400 e. The van der Waals surface area contributed by atoms with Gasteiger partial charge in [-0.3, -0.25) is 8.78 Å². The van der Waals surface area contributed by atoms with Gasteiger partial charge in [0.25, 0.3) is 0 Å². The van der Waals surface area contributed by atoms with Crippen molar-refractivity contribution in [1.29, 1.82) is 0 Å². The molecule has 2 rings (SSSR count). The number of sulfone groups is 1. The van der Waals surface area contributed by atoms with E-state index in [1.165, 1.54) is 6.92 Å². The van der Waals surface area contributed by atoms with Crippen LogP contribution in [0.4, 0.5) is 17.6 Å². The standard InChI is InChI=1S/C13H13F4N3O4S2/c1-7-4-8(14)9(5-10(7)25(22)6-13(15,16)17)20-12(21)19(2)11(18-20)26(3,23)24/h4-5H,6H2,1-3H3. The summed E-state index contributed by atoms with van der Waals surface area (Å²) >= 11 is 0. The van der Waals surface area contributed by atoms with Crippen LogP contribution in [0, 0.1) is 12.7 Å². The minimum Gasteiger partial charge on any atom is -0.269 e. The normalized spacial score (nSPS) is 13.8. The van der Waals surface area contributed by atoms with Crippen LogP contribution in [0.15, 0.2) is 27.0 Å². The van der Waals surface area contributed by atoms with Crippen molar-refractivity contribution >= 4 is 20.6 Å². The summed E-state index contributed by atoms with van der Waals surface area (Å²) in [5.41, 5.74) is -1.64. The minimum absolute atomic E-state index is 0.0128. The van der Waals surface area contributed by atoms with E-state index in [1.807, 2.05) is 0 Å². The molecule has 1 atom stereocenters. The van der Waals surface area contributed by atoms with Crippen LogP contribution in [-0.2, 0) is 27.7 Å². The lowest BCUT2D eigenvalue weighted by atomic mass is 10.2. The summed E-state index contributed by atoms with van der Waals surface area (Å²) in [7, 11) is -5.36. The fourth-order valence-corrected chi connectivity index (χ4v) is 4.09. The molecule has 144 valence electrons. The molecule has 0 N–H and O–H groups in total. The highest BCUT2D eigenvalue weighted by Gasteiger charge is 2.32. The van der Waals surface area contributed by atoms with Gasteiger partial charge in [0, 0.05) is 18.2 Å². The van der Waals surface area contributed by atoms with Crippen molar-refractivity contribution in [2.45, 2.75) is 23.2 Å². The van der Waals surface area contributed by atoms with Gasteiger partial charge in [-0.05, 0) is 24.6 Å². The Morgan fingerprint density at radius 1 is 1.27 bits per heavy atom. The average Bonchev–Trinajstić information content (AvgIpc) is 2.73. The van der Waals surface area contributed by atoms with E-state index < -0.39 is 54.9 Å². The fraction of sp³-hybridized carbons (Fsp3) is 0.385. The van der Waals surface area contributed by atoms with Crippen molar-refractivity contribution in [3.05, 3.63) is 34.0 Å². The van der Waals surface area contributed by atoms with Crippen LogP contribution in [0.25, 0.3) is 5.69 Å². The molecule has 7 nitrogen and oxygen atoms in total. The first-order chi connectivity index (χ1) is 11.7. The zero-order chi connectivity index (χ0) is 20.0. The van der Waals surface area contributed by atoms with Gasteiger partial charge in [0.2, 0.25) is 15.0 Å². The highest BCUT2D eigenvalue weighted by atomic mass is 32.2. The van der Waals surface area contributed by atoms with Gasteiger partial charge in [0.15, 0.2) is 0 Å². The van der Waals surface area contributed by atoms with Crippen LogP contribution in [0.3, 0.4) is 0 Å². The SMILES string of the molecule is Cc1cc(F)c(-n2nc(S(C)(=O)=O)n(C)c2=O)cc1S(=O)CC(F)(F)F. The molecule has 1 heterocycles. The van der Waals surface area contributed by atoms with Crippen LogP contribution in [-0.4, -0.2) is 45.2 Å². The van der Waals surface area contributed by atoms with Crippen LogP contribution < -0.4 is 5.69 Å². The first-order valence-corrected chi connectivity index (χ1v) is 10.0. The van der Waals surface area contributed by atoms with E-state index in [0.717, 1.165) is 25.4 Å². The van der Waals surface area contributed by atoms with E-state index in [9.17, 15) is 35.0 Å². The van der Waals surface area contributed by atoms with E-state index >= 15 is 0 Å². The molecule has 2 aromatic rings. The summed E-state index contributed by atoms with van der Waals surface area (Å²) in [6, 6.07) is 1.60. The topological polar surface area (TPSA) is 91.0 Å². The largest absolute Gasteiger partial charge is 0.400 e. The summed E-state index contributed by atoms with van der Waals surface area (Å²) in [5, 5.41) is 2.88. The second-order valence-electron chi connectivity index (χ2n) is 5.48. The molecule has 0 amide bonds. The van der Waals surface area contributed by atoms with E-state index in [-0.39, 0.29) is 10.5 Å². The molecule has 0 fully saturated rings. The number of aromatic nitrogens is 3. The molecule has 0 radical (unpaired) electrons. The second-order valence-corrected chi connectivity index (χ2v) is 8.81. The lowest BCUT2D eigenvalue weighted by Crippen LogP contribution is -2.24. The van der Waals surface area contributed by atoms with Gasteiger partial charge >= 0.3 is 11.9 Å². The minimum atomic E-state index is -4.71. The van der Waals surface area contributed by atoms with Crippen molar-refractivity contribution in [2.75, 3.05) is 12.0 Å². The monoisotopic (exact) mass is 415 g/mol. The molecular formula is C13H13F4N3O4S2. The zero-order valence-corrected chi connectivity index (χ0v) is 15.3. The summed E-state index contributed by atoms with van der Waals surface area (Å²) in [6.45, 7) is 1.26. The van der Waals surface area contributed by atoms with Gasteiger partial charge < -0.3 is 0 Å². The van der Waals surface area contributed by atoms with Gasteiger partial charge in [0.1, 0.15) is 17.3 Å². The van der Waals surface area contributed by atoms with Crippen LogP contribution in [0.1, 0.15) is 5.56 Å². The Balaban J connectivity index is 2.68. The zero-order valence-electron chi connectivity index (χ0n) is 13.7. The Morgan fingerprint density at radius 2 is 1.85 bits per heavy atom. The smallest absolute Gasteiger partial charge is 0.269 e. The predicted molar refractivity (Wildman–Crippen MR) is 83.9 cm³/mol. The van der Waals surface area contributed by atoms with Gasteiger partial charge in [-0.15, -0.1) is 5.10 Å². The molecule has 1 aromatic heterocycles. The first-order valence-electron chi connectivity index (χ1n) is 6.84. The van der Waals surface area contributed by atoms with Crippen LogP contribution in [0.5, 0.6) is 0 Å². The van der Waals surface area contributed by atoms with Crippen molar-refractivity contribution in [3.63, 3.8) is 0 Å². The third-order valence-electron chi connectivity index (χ3n) is 3.28. The molecule has 0 bridgehead atoms. The van der Waals surface area contributed by atoms with Crippen molar-refractivity contribution in [1.82, 2.24) is 14.3 Å². The molecule has 0 aliphatic carbocycles. The third-order valence-corrected chi connectivity index (χ3v) is 5.82. The first kappa shape index (κ1) is 20.3. The van der Waals surface area contributed by atoms with Crippen LogP contribution in [0.2, 0.25) is 0 Å². The number of hydrogen-bond donors (Lipinski definition) is 0. The van der Waals surface area contributed by atoms with E-state index in [1.54, 1.807) is 0 Å². The number of aryl methyl sites for hydroxylation is 1. The second kappa shape index (κ2) is 6.61. The molecule has 0 aliphatic rings. The summed E-state index contributed by atoms with van der Waals surface area (Å²) in [4.78, 5) is 11.8. The Morgan fingerprint density at radius 3 is 2.31 bits per heavy atom. The summed E-state index contributed by atoms with van der Waals surface area (Å²) in [6.07, 6.45) is -3.93. The lowest BCUT2D eigenvalue weighted by Gasteiger charge is -2.11. The van der Waals surface area contributed by atoms with Gasteiger partial charge in [-0.25, -0.2) is 17.6 Å². The maximum atomic E-state index is 14.3. The Kier molecular flexibility index (Phi) is 5.16. The van der Waals surface area contributed by atoms with E-state index in [4.69, 9.17) is 0 Å². The quantitative estimate of drug-likeness (QED) is 0.698. The number of benzene rings is 1. The summed E-state index contributed by atoms with van der Waals surface area (Å²) in [5.74, 6) is -2.68. The van der Waals surface area contributed by atoms with E-state index in [0.29, 0.717) is 9.25 Å². The van der Waals surface area contributed by atoms with Crippen molar-refractivity contribution in [2.24, 2.45) is 7.05 Å².